The molecule has 2 heterocycles. The van der Waals surface area contributed by atoms with Crippen LogP contribution in [-0.2, 0) is 21.8 Å². The molecule has 1 N–H and O–H groups in total. The molecule has 1 amide bonds. The number of aliphatic hydroxyl groups is 1. The number of benzene rings is 1. The first-order chi connectivity index (χ1) is 18.8. The SMILES string of the molecule is C[C@@H]1CN([C@@H](C)CO)C(=O)c2cc(N(C)C)ccc2O[C@@H](C)CCCCO[C@H]1CN(C)S(=O)(=O)c1cn(C)cn1. The lowest BCUT2D eigenvalue weighted by Gasteiger charge is -2.35. The minimum absolute atomic E-state index is 0.0287. The molecule has 0 fully saturated rings. The molecular formula is C28H45N5O6S. The van der Waals surface area contributed by atoms with E-state index in [1.807, 2.05) is 51.0 Å². The number of likely N-dealkylation sites (N-methyl/N-ethyl adjacent to an activating group) is 1. The van der Waals surface area contributed by atoms with E-state index in [0.29, 0.717) is 17.9 Å². The number of imidazole rings is 1. The quantitative estimate of drug-likeness (QED) is 0.532. The van der Waals surface area contributed by atoms with Gasteiger partial charge in [-0.05, 0) is 51.3 Å². The normalized spacial score (nSPS) is 22.4. The molecule has 12 heteroatoms. The maximum atomic E-state index is 14.1. The number of fused-ring (bicyclic) bond motifs is 1. The van der Waals surface area contributed by atoms with Gasteiger partial charge in [0, 0.05) is 65.7 Å². The number of carbonyl (C=O) groups is 1. The zero-order valence-corrected chi connectivity index (χ0v) is 25.6. The Balaban J connectivity index is 1.96. The molecule has 224 valence electrons. The van der Waals surface area contributed by atoms with Gasteiger partial charge in [0.1, 0.15) is 5.75 Å². The third kappa shape index (κ3) is 7.74. The second kappa shape index (κ2) is 13.8. The average molecular weight is 580 g/mol. The number of rotatable bonds is 7. The van der Waals surface area contributed by atoms with E-state index in [2.05, 4.69) is 4.98 Å². The predicted octanol–water partition coefficient (Wildman–Crippen LogP) is 2.60. The number of amides is 1. The second-order valence-corrected chi connectivity index (χ2v) is 13.0. The maximum Gasteiger partial charge on any atom is 0.261 e. The number of aromatic nitrogens is 2. The molecule has 0 saturated carbocycles. The molecule has 3 rings (SSSR count). The summed E-state index contributed by atoms with van der Waals surface area (Å²) >= 11 is 0. The summed E-state index contributed by atoms with van der Waals surface area (Å²) in [7, 11) is 3.22. The monoisotopic (exact) mass is 579 g/mol. The van der Waals surface area contributed by atoms with Crippen molar-refractivity contribution in [3.63, 3.8) is 0 Å². The van der Waals surface area contributed by atoms with Gasteiger partial charge in [-0.25, -0.2) is 13.4 Å². The first-order valence-electron chi connectivity index (χ1n) is 13.8. The van der Waals surface area contributed by atoms with Gasteiger partial charge in [-0.15, -0.1) is 0 Å². The molecule has 0 aliphatic carbocycles. The topological polar surface area (TPSA) is 117 Å². The molecule has 0 bridgehead atoms. The number of hydrogen-bond donors (Lipinski definition) is 1. The van der Waals surface area contributed by atoms with Crippen molar-refractivity contribution in [2.24, 2.45) is 13.0 Å². The van der Waals surface area contributed by atoms with Gasteiger partial charge in [0.2, 0.25) is 0 Å². The van der Waals surface area contributed by atoms with Crippen LogP contribution in [0.25, 0.3) is 0 Å². The Bertz CT molecular complexity index is 1230. The summed E-state index contributed by atoms with van der Waals surface area (Å²) in [5, 5.41) is 10.1. The fourth-order valence-electron chi connectivity index (χ4n) is 4.68. The Morgan fingerprint density at radius 3 is 2.55 bits per heavy atom. The van der Waals surface area contributed by atoms with Gasteiger partial charge >= 0.3 is 0 Å². The summed E-state index contributed by atoms with van der Waals surface area (Å²) in [6.07, 6.45) is 4.73. The van der Waals surface area contributed by atoms with Crippen LogP contribution in [0, 0.1) is 5.92 Å². The van der Waals surface area contributed by atoms with Gasteiger partial charge in [0.25, 0.3) is 15.9 Å². The molecule has 1 aliphatic rings. The standard InChI is InChI=1S/C28H45N5O6S/c1-20-15-33(21(2)18-34)28(35)24-14-23(30(4)5)11-12-25(24)39-22(3)10-8-9-13-38-26(20)16-32(7)40(36,37)27-17-31(6)19-29-27/h11-12,14,17,19-22,26,34H,8-10,13,15-16,18H2,1-7H3/t20-,21+,22+,26+/m1/s1. The minimum atomic E-state index is -3.83. The van der Waals surface area contributed by atoms with Crippen LogP contribution in [0.15, 0.2) is 35.7 Å². The van der Waals surface area contributed by atoms with E-state index in [1.165, 1.54) is 23.9 Å². The third-order valence-corrected chi connectivity index (χ3v) is 9.05. The number of aryl methyl sites for hydroxylation is 1. The van der Waals surface area contributed by atoms with Gasteiger partial charge in [-0.2, -0.15) is 4.31 Å². The Morgan fingerprint density at radius 1 is 1.20 bits per heavy atom. The summed E-state index contributed by atoms with van der Waals surface area (Å²) in [4.78, 5) is 21.6. The van der Waals surface area contributed by atoms with E-state index < -0.39 is 22.2 Å². The van der Waals surface area contributed by atoms with Gasteiger partial charge in [0.05, 0.1) is 36.7 Å². The van der Waals surface area contributed by atoms with E-state index >= 15 is 0 Å². The molecule has 40 heavy (non-hydrogen) atoms. The largest absolute Gasteiger partial charge is 0.490 e. The summed E-state index contributed by atoms with van der Waals surface area (Å²) in [5.74, 6) is 0.00380. The summed E-state index contributed by atoms with van der Waals surface area (Å²) in [6, 6.07) is 5.09. The van der Waals surface area contributed by atoms with Crippen LogP contribution in [0.1, 0.15) is 50.4 Å². The Kier molecular flexibility index (Phi) is 11.0. The van der Waals surface area contributed by atoms with Crippen LogP contribution < -0.4 is 9.64 Å². The van der Waals surface area contributed by atoms with E-state index in [0.717, 1.165) is 24.9 Å². The lowest BCUT2D eigenvalue weighted by atomic mass is 10.0. The van der Waals surface area contributed by atoms with E-state index in [-0.39, 0.29) is 42.7 Å². The van der Waals surface area contributed by atoms with Crippen LogP contribution in [0.3, 0.4) is 0 Å². The molecule has 0 unspecified atom stereocenters. The maximum absolute atomic E-state index is 14.1. The van der Waals surface area contributed by atoms with Crippen molar-refractivity contribution < 1.29 is 27.8 Å². The predicted molar refractivity (Wildman–Crippen MR) is 154 cm³/mol. The molecule has 0 spiro atoms. The van der Waals surface area contributed by atoms with Crippen molar-refractivity contribution in [2.75, 3.05) is 52.3 Å². The first-order valence-corrected chi connectivity index (χ1v) is 15.2. The van der Waals surface area contributed by atoms with Crippen LogP contribution in [0.5, 0.6) is 5.75 Å². The molecule has 1 aromatic heterocycles. The molecule has 0 radical (unpaired) electrons. The van der Waals surface area contributed by atoms with E-state index in [9.17, 15) is 18.3 Å². The van der Waals surface area contributed by atoms with Crippen LogP contribution >= 0.6 is 0 Å². The number of hydrogen-bond acceptors (Lipinski definition) is 8. The molecule has 0 saturated heterocycles. The number of anilines is 1. The fourth-order valence-corrected chi connectivity index (χ4v) is 5.83. The van der Waals surface area contributed by atoms with Gasteiger partial charge in [-0.1, -0.05) is 6.92 Å². The van der Waals surface area contributed by atoms with Gasteiger partial charge in [0.15, 0.2) is 5.03 Å². The molecule has 4 atom stereocenters. The van der Waals surface area contributed by atoms with E-state index in [1.54, 1.807) is 23.4 Å². The van der Waals surface area contributed by atoms with Gasteiger partial charge in [-0.3, -0.25) is 4.79 Å². The van der Waals surface area contributed by atoms with Crippen LogP contribution in [-0.4, -0.2) is 104 Å². The van der Waals surface area contributed by atoms with Crippen molar-refractivity contribution in [2.45, 2.75) is 63.3 Å². The van der Waals surface area contributed by atoms with Crippen molar-refractivity contribution in [1.29, 1.82) is 0 Å². The van der Waals surface area contributed by atoms with Crippen molar-refractivity contribution >= 4 is 21.6 Å². The molecule has 1 aliphatic heterocycles. The number of nitrogens with zero attached hydrogens (tertiary/aromatic N) is 5. The highest BCUT2D eigenvalue weighted by molar-refractivity contribution is 7.89. The summed E-state index contributed by atoms with van der Waals surface area (Å²) in [5.41, 5.74) is 1.28. The highest BCUT2D eigenvalue weighted by Gasteiger charge is 2.33. The molecule has 2 aromatic rings. The number of ether oxygens (including phenoxy) is 2. The number of carbonyl (C=O) groups excluding carboxylic acids is 1. The average Bonchev–Trinajstić information content (AvgIpc) is 3.36. The smallest absolute Gasteiger partial charge is 0.261 e. The highest BCUT2D eigenvalue weighted by atomic mass is 32.2. The van der Waals surface area contributed by atoms with Gasteiger partial charge < -0.3 is 28.9 Å². The van der Waals surface area contributed by atoms with Crippen LogP contribution in [0.2, 0.25) is 0 Å². The third-order valence-electron chi connectivity index (χ3n) is 7.34. The molecule has 1 aromatic carbocycles. The summed E-state index contributed by atoms with van der Waals surface area (Å²) < 4.78 is 41.8. The minimum Gasteiger partial charge on any atom is -0.490 e. The van der Waals surface area contributed by atoms with Crippen LogP contribution in [0.4, 0.5) is 5.69 Å². The zero-order valence-electron chi connectivity index (χ0n) is 24.8. The molecule has 11 nitrogen and oxygen atoms in total. The molecular weight excluding hydrogens is 534 g/mol. The summed E-state index contributed by atoms with van der Waals surface area (Å²) in [6.45, 7) is 6.29. The lowest BCUT2D eigenvalue weighted by molar-refractivity contribution is -0.00835. The van der Waals surface area contributed by atoms with Crippen molar-refractivity contribution in [1.82, 2.24) is 18.8 Å². The van der Waals surface area contributed by atoms with E-state index in [4.69, 9.17) is 9.47 Å². The van der Waals surface area contributed by atoms with Crippen molar-refractivity contribution in [3.05, 3.63) is 36.3 Å². The number of sulfonamides is 1. The Hall–Kier alpha value is -2.67. The first kappa shape index (κ1) is 31.9. The van der Waals surface area contributed by atoms with Crippen molar-refractivity contribution in [3.8, 4) is 5.75 Å². The lowest BCUT2D eigenvalue weighted by Crippen LogP contribution is -2.48. The highest BCUT2D eigenvalue weighted by Crippen LogP contribution is 2.29. The number of aliphatic hydroxyl groups excluding tert-OH is 1. The second-order valence-electron chi connectivity index (χ2n) is 11.0. The fraction of sp³-hybridized carbons (Fsp3) is 0.643. The zero-order chi connectivity index (χ0) is 29.6. The Labute approximate surface area is 238 Å². The Morgan fingerprint density at radius 2 is 1.93 bits per heavy atom.